The van der Waals surface area contributed by atoms with Gasteiger partial charge in [-0.05, 0) is 20.3 Å². The normalized spacial score (nSPS) is 25.6. The van der Waals surface area contributed by atoms with Gasteiger partial charge in [-0.1, -0.05) is 10.4 Å². The highest BCUT2D eigenvalue weighted by Gasteiger charge is 2.36. The van der Waals surface area contributed by atoms with Gasteiger partial charge >= 0.3 is 0 Å². The summed E-state index contributed by atoms with van der Waals surface area (Å²) in [6.07, 6.45) is 3.07. The molecule has 0 aliphatic carbocycles. The Balaban J connectivity index is 1.54. The Morgan fingerprint density at radius 3 is 3.10 bits per heavy atom. The minimum Gasteiger partial charge on any atom is -0.370 e. The number of hydrogen-bond acceptors (Lipinski definition) is 6. The fourth-order valence-electron chi connectivity index (χ4n) is 3.34. The van der Waals surface area contributed by atoms with E-state index in [0.717, 1.165) is 43.2 Å². The minimum atomic E-state index is 0.250. The summed E-state index contributed by atoms with van der Waals surface area (Å²) in [5.41, 5.74) is 3.25. The number of aromatic nitrogens is 4. The van der Waals surface area contributed by atoms with E-state index in [1.807, 2.05) is 18.5 Å². The summed E-state index contributed by atoms with van der Waals surface area (Å²) in [5, 5.41) is 12.3. The molecule has 2 aliphatic heterocycles. The molecule has 7 heteroatoms. The predicted molar refractivity (Wildman–Crippen MR) is 73.5 cm³/mol. The number of nitrogens with zero attached hydrogens (tertiary/aromatic N) is 5. The van der Waals surface area contributed by atoms with Crippen LogP contribution in [0.2, 0.25) is 0 Å². The van der Waals surface area contributed by atoms with E-state index >= 15 is 0 Å². The van der Waals surface area contributed by atoms with Crippen LogP contribution in [0, 0.1) is 13.8 Å². The van der Waals surface area contributed by atoms with Gasteiger partial charge in [-0.3, -0.25) is 4.90 Å². The quantitative estimate of drug-likeness (QED) is 0.828. The molecule has 0 unspecified atom stereocenters. The molecule has 2 aliphatic rings. The first-order chi connectivity index (χ1) is 10.2. The van der Waals surface area contributed by atoms with E-state index in [4.69, 9.17) is 9.26 Å². The zero-order valence-electron chi connectivity index (χ0n) is 12.3. The first-order valence-corrected chi connectivity index (χ1v) is 7.37. The highest BCUT2D eigenvalue weighted by molar-refractivity contribution is 5.20. The van der Waals surface area contributed by atoms with Crippen molar-refractivity contribution >= 4 is 0 Å². The highest BCUT2D eigenvalue weighted by Crippen LogP contribution is 2.31. The second kappa shape index (κ2) is 4.92. The molecule has 1 saturated heterocycles. The second-order valence-corrected chi connectivity index (χ2v) is 5.91. The van der Waals surface area contributed by atoms with Crippen molar-refractivity contribution in [2.45, 2.75) is 45.6 Å². The van der Waals surface area contributed by atoms with E-state index in [2.05, 4.69) is 20.4 Å². The third kappa shape index (κ3) is 2.16. The molecule has 2 aromatic heterocycles. The van der Waals surface area contributed by atoms with E-state index in [1.54, 1.807) is 6.20 Å². The molecule has 2 aromatic rings. The van der Waals surface area contributed by atoms with Gasteiger partial charge in [-0.2, -0.15) is 0 Å². The summed E-state index contributed by atoms with van der Waals surface area (Å²) < 4.78 is 13.2. The van der Waals surface area contributed by atoms with E-state index in [-0.39, 0.29) is 12.1 Å². The lowest BCUT2D eigenvalue weighted by molar-refractivity contribution is -0.0670. The lowest BCUT2D eigenvalue weighted by atomic mass is 9.99. The fraction of sp³-hybridized carbons (Fsp3) is 0.643. The van der Waals surface area contributed by atoms with Crippen LogP contribution < -0.4 is 0 Å². The molecule has 4 heterocycles. The number of fused-ring (bicyclic) bond motifs is 3. The third-order valence-electron chi connectivity index (χ3n) is 4.58. The van der Waals surface area contributed by atoms with Crippen molar-refractivity contribution < 1.29 is 9.26 Å². The van der Waals surface area contributed by atoms with Gasteiger partial charge in [-0.15, -0.1) is 5.10 Å². The molecule has 0 saturated carbocycles. The molecule has 0 spiro atoms. The first kappa shape index (κ1) is 13.0. The van der Waals surface area contributed by atoms with Crippen molar-refractivity contribution in [1.29, 1.82) is 0 Å². The maximum Gasteiger partial charge on any atom is 0.138 e. The van der Waals surface area contributed by atoms with E-state index in [1.165, 1.54) is 5.56 Å². The number of rotatable bonds is 2. The zero-order chi connectivity index (χ0) is 14.4. The number of ether oxygens (including phenoxy) is 1. The molecule has 21 heavy (non-hydrogen) atoms. The van der Waals surface area contributed by atoms with E-state index in [0.29, 0.717) is 6.61 Å². The molecule has 0 bridgehead atoms. The predicted octanol–water partition coefficient (Wildman–Crippen LogP) is 1.23. The Bertz CT molecular complexity index is 630. The topological polar surface area (TPSA) is 69.2 Å². The molecule has 0 amide bonds. The molecule has 1 fully saturated rings. The number of piperidine rings is 1. The van der Waals surface area contributed by atoms with Crippen molar-refractivity contribution in [2.75, 3.05) is 13.1 Å². The van der Waals surface area contributed by atoms with Crippen molar-refractivity contribution in [3.63, 3.8) is 0 Å². The molecule has 0 N–H and O–H groups in total. The summed E-state index contributed by atoms with van der Waals surface area (Å²) in [7, 11) is 0. The smallest absolute Gasteiger partial charge is 0.138 e. The molecular formula is C14H19N5O2. The van der Waals surface area contributed by atoms with Crippen LogP contribution in [0.1, 0.15) is 35.2 Å². The van der Waals surface area contributed by atoms with Gasteiger partial charge < -0.3 is 9.26 Å². The molecule has 7 nitrogen and oxygen atoms in total. The van der Waals surface area contributed by atoms with Gasteiger partial charge in [-0.25, -0.2) is 4.68 Å². The van der Waals surface area contributed by atoms with Gasteiger partial charge in [0.25, 0.3) is 0 Å². The summed E-state index contributed by atoms with van der Waals surface area (Å²) >= 11 is 0. The Morgan fingerprint density at radius 2 is 2.29 bits per heavy atom. The van der Waals surface area contributed by atoms with Crippen LogP contribution in [0.5, 0.6) is 0 Å². The minimum absolute atomic E-state index is 0.250. The first-order valence-electron chi connectivity index (χ1n) is 7.37. The molecule has 0 radical (unpaired) electrons. The number of likely N-dealkylation sites (tertiary alicyclic amines) is 1. The summed E-state index contributed by atoms with van der Waals surface area (Å²) in [5.74, 6) is 0.913. The van der Waals surface area contributed by atoms with Gasteiger partial charge in [0.15, 0.2) is 0 Å². The van der Waals surface area contributed by atoms with Crippen molar-refractivity contribution in [1.82, 2.24) is 25.1 Å². The van der Waals surface area contributed by atoms with Gasteiger partial charge in [0.05, 0.1) is 36.3 Å². The molecule has 0 aromatic carbocycles. The number of hydrogen-bond donors (Lipinski definition) is 0. The Kier molecular flexibility index (Phi) is 3.04. The van der Waals surface area contributed by atoms with Crippen LogP contribution in [0.3, 0.4) is 0 Å². The van der Waals surface area contributed by atoms with Crippen LogP contribution in [0.4, 0.5) is 0 Å². The SMILES string of the molecule is Cc1noc(C)c1CN1CC[C@@H]2OCc3cnnn3[C@@H]2C1. The fourth-order valence-corrected chi connectivity index (χ4v) is 3.34. The van der Waals surface area contributed by atoms with E-state index in [9.17, 15) is 0 Å². The molecule has 4 rings (SSSR count). The molecule has 112 valence electrons. The van der Waals surface area contributed by atoms with Crippen molar-refractivity contribution in [3.8, 4) is 0 Å². The Morgan fingerprint density at radius 1 is 1.38 bits per heavy atom. The Labute approximate surface area is 122 Å². The lowest BCUT2D eigenvalue weighted by Crippen LogP contribution is -2.47. The van der Waals surface area contributed by atoms with Crippen molar-refractivity contribution in [3.05, 3.63) is 28.9 Å². The second-order valence-electron chi connectivity index (χ2n) is 5.91. The van der Waals surface area contributed by atoms with E-state index < -0.39 is 0 Å². The van der Waals surface area contributed by atoms with Gasteiger partial charge in [0.2, 0.25) is 0 Å². The summed E-state index contributed by atoms with van der Waals surface area (Å²) in [6, 6.07) is 0.255. The number of aryl methyl sites for hydroxylation is 2. The average molecular weight is 289 g/mol. The largest absolute Gasteiger partial charge is 0.370 e. The summed E-state index contributed by atoms with van der Waals surface area (Å²) in [6.45, 7) is 7.41. The highest BCUT2D eigenvalue weighted by atomic mass is 16.5. The average Bonchev–Trinajstić information content (AvgIpc) is 3.09. The standard InChI is InChI=1S/C14H19N5O2/c1-9-12(10(2)21-16-9)6-18-4-3-14-13(7-18)19-11(8-20-14)5-15-17-19/h5,13-14H,3-4,6-8H2,1-2H3/t13-,14+/m1/s1. The van der Waals surface area contributed by atoms with Gasteiger partial charge in [0.1, 0.15) is 5.76 Å². The zero-order valence-corrected chi connectivity index (χ0v) is 12.3. The monoisotopic (exact) mass is 289 g/mol. The molecular weight excluding hydrogens is 270 g/mol. The summed E-state index contributed by atoms with van der Waals surface area (Å²) in [4.78, 5) is 2.42. The van der Waals surface area contributed by atoms with Crippen LogP contribution in [0.15, 0.2) is 10.7 Å². The van der Waals surface area contributed by atoms with Gasteiger partial charge in [0, 0.05) is 25.2 Å². The maximum absolute atomic E-state index is 5.94. The maximum atomic E-state index is 5.94. The lowest BCUT2D eigenvalue weighted by Gasteiger charge is -2.41. The third-order valence-corrected chi connectivity index (χ3v) is 4.58. The van der Waals surface area contributed by atoms with Crippen molar-refractivity contribution in [2.24, 2.45) is 0 Å². The van der Waals surface area contributed by atoms with Crippen LogP contribution >= 0.6 is 0 Å². The molecule has 2 atom stereocenters. The van der Waals surface area contributed by atoms with Crippen LogP contribution in [0.25, 0.3) is 0 Å². The van der Waals surface area contributed by atoms with Crippen LogP contribution in [-0.4, -0.2) is 44.2 Å². The Hall–Kier alpha value is -1.73. The van der Waals surface area contributed by atoms with Crippen LogP contribution in [-0.2, 0) is 17.9 Å².